The Morgan fingerprint density at radius 2 is 2.00 bits per heavy atom. The van der Waals surface area contributed by atoms with Crippen LogP contribution in [0.25, 0.3) is 6.08 Å². The monoisotopic (exact) mass is 460 g/mol. The second-order valence-corrected chi connectivity index (χ2v) is 7.88. The molecule has 0 atom stereocenters. The van der Waals surface area contributed by atoms with Crippen LogP contribution in [-0.2, 0) is 9.53 Å². The molecule has 0 unspecified atom stereocenters. The second kappa shape index (κ2) is 8.38. The van der Waals surface area contributed by atoms with Crippen LogP contribution < -0.4 is 9.47 Å². The fraction of sp³-hybridized carbons (Fsp3) is 0.200. The van der Waals surface area contributed by atoms with E-state index in [-0.39, 0.29) is 12.7 Å². The molecule has 2 aromatic rings. The molecule has 0 aliphatic carbocycles. The van der Waals surface area contributed by atoms with E-state index < -0.39 is 0 Å². The third-order valence-corrected chi connectivity index (χ3v) is 5.86. The van der Waals surface area contributed by atoms with E-state index in [1.165, 1.54) is 11.8 Å². The van der Waals surface area contributed by atoms with Gasteiger partial charge < -0.3 is 14.2 Å². The number of carbonyl (C=O) groups is 1. The van der Waals surface area contributed by atoms with Gasteiger partial charge in [0.15, 0.2) is 16.7 Å². The lowest BCUT2D eigenvalue weighted by Crippen LogP contribution is -2.32. The maximum absolute atomic E-state index is 13.0. The first-order valence-electron chi connectivity index (χ1n) is 8.59. The lowest BCUT2D eigenvalue weighted by Gasteiger charge is -2.14. The molecule has 28 heavy (non-hydrogen) atoms. The minimum atomic E-state index is -0.0960. The number of para-hydroxylation sites is 1. The standard InChI is InChI=1S/C20H17BrN2O4S/c1-25-8-7-23-19(24)18(28-20(23)22-14-5-3-2-4-6-14)10-13-9-16-17(11-15(13)21)27-12-26-16/h2-6,9-11H,7-8,12H2,1H3/b18-10+,22-20?. The molecule has 1 amide bonds. The van der Waals surface area contributed by atoms with Gasteiger partial charge in [-0.15, -0.1) is 0 Å². The van der Waals surface area contributed by atoms with E-state index in [1.807, 2.05) is 48.5 Å². The molecular formula is C20H17BrN2O4S. The molecule has 0 bridgehead atoms. The molecule has 8 heteroatoms. The van der Waals surface area contributed by atoms with Crippen molar-refractivity contribution in [3.63, 3.8) is 0 Å². The summed E-state index contributed by atoms with van der Waals surface area (Å²) in [5, 5.41) is 0.636. The molecular weight excluding hydrogens is 444 g/mol. The summed E-state index contributed by atoms with van der Waals surface area (Å²) in [6.45, 7) is 1.07. The zero-order valence-corrected chi connectivity index (χ0v) is 17.5. The van der Waals surface area contributed by atoms with Gasteiger partial charge in [0, 0.05) is 11.6 Å². The van der Waals surface area contributed by atoms with E-state index >= 15 is 0 Å². The highest BCUT2D eigenvalue weighted by Crippen LogP contribution is 2.40. The van der Waals surface area contributed by atoms with Gasteiger partial charge in [0.25, 0.3) is 5.91 Å². The number of ether oxygens (including phenoxy) is 3. The average Bonchev–Trinajstić information content (AvgIpc) is 3.26. The van der Waals surface area contributed by atoms with Crippen LogP contribution in [0.4, 0.5) is 5.69 Å². The van der Waals surface area contributed by atoms with Gasteiger partial charge in [-0.1, -0.05) is 34.1 Å². The number of benzene rings is 2. The Labute approximate surface area is 175 Å². The Balaban J connectivity index is 1.67. The van der Waals surface area contributed by atoms with Crippen molar-refractivity contribution >= 4 is 50.5 Å². The number of hydrogen-bond donors (Lipinski definition) is 0. The van der Waals surface area contributed by atoms with Crippen molar-refractivity contribution < 1.29 is 19.0 Å². The van der Waals surface area contributed by atoms with Gasteiger partial charge in [0.1, 0.15) is 0 Å². The summed E-state index contributed by atoms with van der Waals surface area (Å²) in [5.41, 5.74) is 1.64. The van der Waals surface area contributed by atoms with Crippen molar-refractivity contribution in [2.45, 2.75) is 0 Å². The normalized spacial score (nSPS) is 18.5. The van der Waals surface area contributed by atoms with Gasteiger partial charge in [-0.05, 0) is 47.7 Å². The number of nitrogens with zero attached hydrogens (tertiary/aromatic N) is 2. The van der Waals surface area contributed by atoms with Gasteiger partial charge in [0.05, 0.1) is 23.7 Å². The van der Waals surface area contributed by atoms with E-state index in [0.717, 1.165) is 15.7 Å². The molecule has 2 heterocycles. The maximum Gasteiger partial charge on any atom is 0.266 e. The van der Waals surface area contributed by atoms with Crippen LogP contribution in [0.1, 0.15) is 5.56 Å². The largest absolute Gasteiger partial charge is 0.454 e. The van der Waals surface area contributed by atoms with Gasteiger partial charge in [0.2, 0.25) is 6.79 Å². The number of aliphatic imine (C=N–C) groups is 1. The average molecular weight is 461 g/mol. The number of fused-ring (bicyclic) bond motifs is 1. The Morgan fingerprint density at radius 1 is 1.25 bits per heavy atom. The maximum atomic E-state index is 13.0. The van der Waals surface area contributed by atoms with Crippen molar-refractivity contribution in [1.82, 2.24) is 4.90 Å². The van der Waals surface area contributed by atoms with E-state index in [0.29, 0.717) is 34.7 Å². The predicted octanol–water partition coefficient (Wildman–Crippen LogP) is 4.43. The molecule has 1 fully saturated rings. The highest BCUT2D eigenvalue weighted by Gasteiger charge is 2.33. The Bertz CT molecular complexity index is 962. The van der Waals surface area contributed by atoms with Crippen molar-refractivity contribution in [2.24, 2.45) is 4.99 Å². The van der Waals surface area contributed by atoms with Gasteiger partial charge >= 0.3 is 0 Å². The number of rotatable bonds is 5. The number of amides is 1. The van der Waals surface area contributed by atoms with Crippen LogP contribution in [0.5, 0.6) is 11.5 Å². The lowest BCUT2D eigenvalue weighted by molar-refractivity contribution is -0.122. The molecule has 0 N–H and O–H groups in total. The highest BCUT2D eigenvalue weighted by molar-refractivity contribution is 9.10. The minimum absolute atomic E-state index is 0.0960. The molecule has 2 aliphatic heterocycles. The summed E-state index contributed by atoms with van der Waals surface area (Å²) in [6.07, 6.45) is 1.84. The second-order valence-electron chi connectivity index (χ2n) is 6.02. The summed E-state index contributed by atoms with van der Waals surface area (Å²) < 4.78 is 16.8. The van der Waals surface area contributed by atoms with Crippen molar-refractivity contribution in [1.29, 1.82) is 0 Å². The zero-order chi connectivity index (χ0) is 19.5. The van der Waals surface area contributed by atoms with Crippen molar-refractivity contribution in [2.75, 3.05) is 27.1 Å². The van der Waals surface area contributed by atoms with Crippen LogP contribution in [0.3, 0.4) is 0 Å². The zero-order valence-electron chi connectivity index (χ0n) is 15.1. The van der Waals surface area contributed by atoms with Crippen molar-refractivity contribution in [3.05, 3.63) is 57.4 Å². The molecule has 0 saturated carbocycles. The first kappa shape index (κ1) is 19.0. The molecule has 0 aromatic heterocycles. The molecule has 144 valence electrons. The van der Waals surface area contributed by atoms with E-state index in [2.05, 4.69) is 20.9 Å². The Hall–Kier alpha value is -2.29. The van der Waals surface area contributed by atoms with Crippen LogP contribution >= 0.6 is 27.7 Å². The fourth-order valence-corrected chi connectivity index (χ4v) is 4.22. The van der Waals surface area contributed by atoms with Gasteiger partial charge in [-0.3, -0.25) is 9.69 Å². The Kier molecular flexibility index (Phi) is 5.70. The molecule has 4 rings (SSSR count). The van der Waals surface area contributed by atoms with Crippen molar-refractivity contribution in [3.8, 4) is 11.5 Å². The number of halogens is 1. The number of amidine groups is 1. The quantitative estimate of drug-likeness (QED) is 0.617. The molecule has 0 spiro atoms. The SMILES string of the molecule is COCCN1C(=O)/C(=C\c2cc3c(cc2Br)OCO3)SC1=Nc1ccccc1. The summed E-state index contributed by atoms with van der Waals surface area (Å²) in [4.78, 5) is 19.9. The molecule has 1 saturated heterocycles. The van der Waals surface area contributed by atoms with Crippen LogP contribution in [0.15, 0.2) is 56.8 Å². The highest BCUT2D eigenvalue weighted by atomic mass is 79.9. The fourth-order valence-electron chi connectivity index (χ4n) is 2.77. The number of methoxy groups -OCH3 is 1. The van der Waals surface area contributed by atoms with E-state index in [4.69, 9.17) is 14.2 Å². The first-order chi connectivity index (χ1) is 13.7. The van der Waals surface area contributed by atoms with E-state index in [9.17, 15) is 4.79 Å². The summed E-state index contributed by atoms with van der Waals surface area (Å²) >= 11 is 4.89. The molecule has 2 aliphatic rings. The molecule has 0 radical (unpaired) electrons. The number of carbonyl (C=O) groups excluding carboxylic acids is 1. The number of thioether (sulfide) groups is 1. The third-order valence-electron chi connectivity index (χ3n) is 4.17. The minimum Gasteiger partial charge on any atom is -0.454 e. The van der Waals surface area contributed by atoms with Gasteiger partial charge in [-0.2, -0.15) is 0 Å². The van der Waals surface area contributed by atoms with Crippen LogP contribution in [0, 0.1) is 0 Å². The Morgan fingerprint density at radius 3 is 2.75 bits per heavy atom. The topological polar surface area (TPSA) is 60.4 Å². The van der Waals surface area contributed by atoms with Gasteiger partial charge in [-0.25, -0.2) is 4.99 Å². The predicted molar refractivity (Wildman–Crippen MR) is 113 cm³/mol. The summed E-state index contributed by atoms with van der Waals surface area (Å²) in [5.74, 6) is 1.26. The van der Waals surface area contributed by atoms with E-state index in [1.54, 1.807) is 12.0 Å². The third kappa shape index (κ3) is 3.94. The lowest BCUT2D eigenvalue weighted by atomic mass is 10.2. The first-order valence-corrected chi connectivity index (χ1v) is 10.2. The molecule has 6 nitrogen and oxygen atoms in total. The van der Waals surface area contributed by atoms with Crippen LogP contribution in [0.2, 0.25) is 0 Å². The summed E-state index contributed by atoms with van der Waals surface area (Å²) in [7, 11) is 1.61. The summed E-state index contributed by atoms with van der Waals surface area (Å²) in [6, 6.07) is 13.3. The van der Waals surface area contributed by atoms with Crippen LogP contribution in [-0.4, -0.2) is 43.0 Å². The smallest absolute Gasteiger partial charge is 0.266 e. The number of hydrogen-bond acceptors (Lipinski definition) is 6. The molecule has 2 aromatic carbocycles.